The fourth-order valence-corrected chi connectivity index (χ4v) is 3.48. The fraction of sp³-hybridized carbons (Fsp3) is 0.261. The Labute approximate surface area is 180 Å². The zero-order valence-corrected chi connectivity index (χ0v) is 17.7. The van der Waals surface area contributed by atoms with Crippen LogP contribution in [-0.2, 0) is 24.2 Å². The van der Waals surface area contributed by atoms with Crippen molar-refractivity contribution in [1.82, 2.24) is 9.55 Å². The van der Waals surface area contributed by atoms with E-state index in [2.05, 4.69) is 10.3 Å². The summed E-state index contributed by atoms with van der Waals surface area (Å²) in [7, 11) is 0. The molecular formula is C23H24ClN3O3. The highest BCUT2D eigenvalue weighted by Gasteiger charge is 2.18. The van der Waals surface area contributed by atoms with E-state index < -0.39 is 0 Å². The monoisotopic (exact) mass is 425 g/mol. The van der Waals surface area contributed by atoms with Gasteiger partial charge in [0.25, 0.3) is 5.56 Å². The van der Waals surface area contributed by atoms with Crippen LogP contribution in [0.4, 0.5) is 5.69 Å². The van der Waals surface area contributed by atoms with Gasteiger partial charge >= 0.3 is 0 Å². The van der Waals surface area contributed by atoms with Crippen LogP contribution in [0.5, 0.6) is 0 Å². The van der Waals surface area contributed by atoms with Gasteiger partial charge in [-0.2, -0.15) is 0 Å². The van der Waals surface area contributed by atoms with Crippen LogP contribution >= 0.6 is 11.6 Å². The molecule has 0 spiro atoms. The van der Waals surface area contributed by atoms with Crippen molar-refractivity contribution in [3.8, 4) is 11.4 Å². The predicted molar refractivity (Wildman–Crippen MR) is 119 cm³/mol. The Morgan fingerprint density at radius 1 is 1.17 bits per heavy atom. The van der Waals surface area contributed by atoms with Crippen LogP contribution in [0, 0.1) is 6.92 Å². The third-order valence-electron chi connectivity index (χ3n) is 4.91. The van der Waals surface area contributed by atoms with E-state index >= 15 is 0 Å². The maximum atomic E-state index is 13.2. The molecule has 0 radical (unpaired) electrons. The van der Waals surface area contributed by atoms with Crippen molar-refractivity contribution in [2.75, 3.05) is 11.9 Å². The summed E-state index contributed by atoms with van der Waals surface area (Å²) in [5, 5.41) is 12.8. The van der Waals surface area contributed by atoms with Gasteiger partial charge in [0.15, 0.2) is 0 Å². The van der Waals surface area contributed by atoms with Crippen LogP contribution in [0.25, 0.3) is 11.4 Å². The number of carbonyl (C=O) groups excluding carboxylic acids is 1. The van der Waals surface area contributed by atoms with Crippen molar-refractivity contribution in [1.29, 1.82) is 0 Å². The first-order valence-corrected chi connectivity index (χ1v) is 10.2. The van der Waals surface area contributed by atoms with Crippen LogP contribution in [0.2, 0.25) is 5.02 Å². The summed E-state index contributed by atoms with van der Waals surface area (Å²) in [6.45, 7) is 3.38. The molecule has 0 saturated heterocycles. The molecule has 1 amide bonds. The van der Waals surface area contributed by atoms with Gasteiger partial charge in [-0.25, -0.2) is 4.98 Å². The molecular weight excluding hydrogens is 402 g/mol. The minimum atomic E-state index is -0.333. The predicted octanol–water partition coefficient (Wildman–Crippen LogP) is 3.61. The first-order chi connectivity index (χ1) is 14.4. The number of aliphatic hydroxyl groups is 1. The van der Waals surface area contributed by atoms with E-state index in [-0.39, 0.29) is 31.0 Å². The normalized spacial score (nSPS) is 10.8. The second-order valence-electron chi connectivity index (χ2n) is 6.93. The molecule has 3 rings (SSSR count). The van der Waals surface area contributed by atoms with Crippen molar-refractivity contribution in [3.63, 3.8) is 0 Å². The number of amides is 1. The Morgan fingerprint density at radius 3 is 2.53 bits per heavy atom. The molecule has 0 unspecified atom stereocenters. The van der Waals surface area contributed by atoms with Crippen molar-refractivity contribution in [2.45, 2.75) is 33.2 Å². The average molecular weight is 426 g/mol. The number of para-hydroxylation sites is 1. The molecule has 0 fully saturated rings. The Bertz CT molecular complexity index is 1110. The van der Waals surface area contributed by atoms with E-state index in [4.69, 9.17) is 11.6 Å². The summed E-state index contributed by atoms with van der Waals surface area (Å²) in [6, 6.07) is 14.5. The second-order valence-corrected chi connectivity index (χ2v) is 7.37. The Kier molecular flexibility index (Phi) is 7.03. The van der Waals surface area contributed by atoms with Crippen molar-refractivity contribution < 1.29 is 9.90 Å². The number of anilines is 1. The van der Waals surface area contributed by atoms with Crippen LogP contribution in [0.3, 0.4) is 0 Å². The largest absolute Gasteiger partial charge is 0.396 e. The highest BCUT2D eigenvalue weighted by Crippen LogP contribution is 2.21. The van der Waals surface area contributed by atoms with E-state index in [0.29, 0.717) is 27.7 Å². The fourth-order valence-electron chi connectivity index (χ4n) is 3.35. The van der Waals surface area contributed by atoms with E-state index in [1.807, 2.05) is 31.2 Å². The first-order valence-electron chi connectivity index (χ1n) is 9.79. The molecule has 0 aliphatic carbocycles. The molecule has 7 heteroatoms. The molecule has 0 bridgehead atoms. The number of benzene rings is 2. The summed E-state index contributed by atoms with van der Waals surface area (Å²) in [5.41, 5.74) is 3.02. The number of rotatable bonds is 7. The lowest BCUT2D eigenvalue weighted by atomic mass is 10.1. The van der Waals surface area contributed by atoms with E-state index in [1.165, 1.54) is 4.57 Å². The van der Waals surface area contributed by atoms with Crippen molar-refractivity contribution in [3.05, 3.63) is 80.7 Å². The Hall–Kier alpha value is -2.96. The summed E-state index contributed by atoms with van der Waals surface area (Å²) in [6.07, 6.45) is 0.956. The van der Waals surface area contributed by atoms with E-state index in [1.54, 1.807) is 31.2 Å². The number of nitrogens with one attached hydrogen (secondary N) is 1. The summed E-state index contributed by atoms with van der Waals surface area (Å²) in [5.74, 6) is 0.0589. The topological polar surface area (TPSA) is 84.2 Å². The highest BCUT2D eigenvalue weighted by atomic mass is 35.5. The molecule has 0 aliphatic rings. The lowest BCUT2D eigenvalue weighted by Crippen LogP contribution is -2.33. The maximum absolute atomic E-state index is 13.2. The number of nitrogens with zero attached hydrogens (tertiary/aromatic N) is 2. The van der Waals surface area contributed by atoms with Gasteiger partial charge in [-0.1, -0.05) is 36.7 Å². The molecule has 30 heavy (non-hydrogen) atoms. The third-order valence-corrected chi connectivity index (χ3v) is 5.16. The summed E-state index contributed by atoms with van der Waals surface area (Å²) >= 11 is 5.99. The Morgan fingerprint density at radius 2 is 1.87 bits per heavy atom. The number of hydrogen-bond donors (Lipinski definition) is 2. The van der Waals surface area contributed by atoms with Crippen molar-refractivity contribution in [2.24, 2.45) is 0 Å². The van der Waals surface area contributed by atoms with Crippen molar-refractivity contribution >= 4 is 23.2 Å². The molecule has 0 saturated carbocycles. The lowest BCUT2D eigenvalue weighted by Gasteiger charge is -2.16. The lowest BCUT2D eigenvalue weighted by molar-refractivity contribution is -0.116. The van der Waals surface area contributed by atoms with E-state index in [0.717, 1.165) is 17.7 Å². The zero-order chi connectivity index (χ0) is 21.7. The summed E-state index contributed by atoms with van der Waals surface area (Å²) < 4.78 is 1.35. The first kappa shape index (κ1) is 21.7. The Balaban J connectivity index is 2.02. The SMILES string of the molecule is CCc1ccccc1NC(=O)Cn1c(-c2ccc(Cl)cc2)nc(C)c(CCO)c1=O. The van der Waals surface area contributed by atoms with Gasteiger partial charge < -0.3 is 10.4 Å². The molecule has 2 N–H and O–H groups in total. The van der Waals surface area contributed by atoms with Crippen LogP contribution in [0.15, 0.2) is 53.3 Å². The highest BCUT2D eigenvalue weighted by molar-refractivity contribution is 6.30. The van der Waals surface area contributed by atoms with Crippen LogP contribution in [0.1, 0.15) is 23.7 Å². The number of aliphatic hydroxyl groups excluding tert-OH is 1. The van der Waals surface area contributed by atoms with Gasteiger partial charge in [0.05, 0.1) is 0 Å². The van der Waals surface area contributed by atoms with E-state index in [9.17, 15) is 14.7 Å². The van der Waals surface area contributed by atoms with Gasteiger partial charge in [0.2, 0.25) is 5.91 Å². The van der Waals surface area contributed by atoms with Gasteiger partial charge in [0, 0.05) is 40.6 Å². The molecule has 6 nitrogen and oxygen atoms in total. The third kappa shape index (κ3) is 4.78. The maximum Gasteiger partial charge on any atom is 0.257 e. The molecule has 1 aromatic heterocycles. The quantitative estimate of drug-likeness (QED) is 0.605. The number of halogens is 1. The summed E-state index contributed by atoms with van der Waals surface area (Å²) in [4.78, 5) is 30.6. The minimum absolute atomic E-state index is 0.172. The molecule has 1 heterocycles. The number of aromatic nitrogens is 2. The standard InChI is InChI=1S/C23H24ClN3O3/c1-3-16-6-4-5-7-20(16)26-21(29)14-27-22(17-8-10-18(24)11-9-17)25-15(2)19(12-13-28)23(27)30/h4-11,28H,3,12-14H2,1-2H3,(H,26,29). The number of carbonyl (C=O) groups is 1. The average Bonchev–Trinajstić information content (AvgIpc) is 2.74. The molecule has 3 aromatic rings. The van der Waals surface area contributed by atoms with Gasteiger partial charge in [-0.3, -0.25) is 14.2 Å². The minimum Gasteiger partial charge on any atom is -0.396 e. The van der Waals surface area contributed by atoms with Gasteiger partial charge in [0.1, 0.15) is 12.4 Å². The molecule has 2 aromatic carbocycles. The van der Waals surface area contributed by atoms with Gasteiger partial charge in [-0.15, -0.1) is 0 Å². The van der Waals surface area contributed by atoms with Gasteiger partial charge in [-0.05, 0) is 49.2 Å². The van der Waals surface area contributed by atoms with Crippen LogP contribution < -0.4 is 10.9 Å². The number of hydrogen-bond acceptors (Lipinski definition) is 4. The molecule has 0 atom stereocenters. The number of aryl methyl sites for hydroxylation is 2. The molecule has 0 aliphatic heterocycles. The molecule has 156 valence electrons. The van der Waals surface area contributed by atoms with Crippen LogP contribution in [-0.4, -0.2) is 27.2 Å². The smallest absolute Gasteiger partial charge is 0.257 e. The zero-order valence-electron chi connectivity index (χ0n) is 17.0. The second kappa shape index (κ2) is 9.69.